The summed E-state index contributed by atoms with van der Waals surface area (Å²) in [5.41, 5.74) is 0. The fourth-order valence-corrected chi connectivity index (χ4v) is 3.47. The van der Waals surface area contributed by atoms with Gasteiger partial charge in [0.05, 0.1) is 19.3 Å². The van der Waals surface area contributed by atoms with Gasteiger partial charge in [0, 0.05) is 43.8 Å². The Morgan fingerprint density at radius 1 is 1.48 bits per heavy atom. The quantitative estimate of drug-likeness (QED) is 0.356. The Morgan fingerprint density at radius 3 is 2.92 bits per heavy atom. The third-order valence-electron chi connectivity index (χ3n) is 3.73. The summed E-state index contributed by atoms with van der Waals surface area (Å²) in [4.78, 5) is 12.7. The molecule has 2 rings (SSSR count). The molecule has 1 saturated heterocycles. The second-order valence-corrected chi connectivity index (χ2v) is 7.91. The number of thiazole rings is 1. The Morgan fingerprint density at radius 2 is 2.28 bits per heavy atom. The molecular formula is C17H32IN5OS. The number of rotatable bonds is 7. The van der Waals surface area contributed by atoms with Crippen molar-refractivity contribution >= 4 is 41.3 Å². The molecule has 1 aromatic rings. The van der Waals surface area contributed by atoms with Crippen molar-refractivity contribution in [1.82, 2.24) is 20.5 Å². The lowest BCUT2D eigenvalue weighted by molar-refractivity contribution is -0.0284. The number of halogens is 1. The maximum absolute atomic E-state index is 5.89. The molecule has 2 N–H and O–H groups in total. The van der Waals surface area contributed by atoms with Crippen LogP contribution in [0.15, 0.2) is 11.2 Å². The molecule has 1 aliphatic rings. The van der Waals surface area contributed by atoms with Crippen LogP contribution in [0.5, 0.6) is 0 Å². The van der Waals surface area contributed by atoms with E-state index in [1.165, 1.54) is 4.88 Å². The summed E-state index contributed by atoms with van der Waals surface area (Å²) in [6.07, 6.45) is 2.11. The van der Waals surface area contributed by atoms with E-state index in [2.05, 4.69) is 53.2 Å². The van der Waals surface area contributed by atoms with Crippen molar-refractivity contribution < 1.29 is 4.74 Å². The average Bonchev–Trinajstić information content (AvgIpc) is 2.95. The van der Waals surface area contributed by atoms with Crippen LogP contribution < -0.4 is 10.6 Å². The van der Waals surface area contributed by atoms with Crippen LogP contribution in [-0.2, 0) is 11.3 Å². The van der Waals surface area contributed by atoms with Crippen molar-refractivity contribution in [3.8, 4) is 0 Å². The number of nitrogens with zero attached hydrogens (tertiary/aromatic N) is 3. The molecule has 25 heavy (non-hydrogen) atoms. The van der Waals surface area contributed by atoms with Crippen LogP contribution >= 0.6 is 35.3 Å². The van der Waals surface area contributed by atoms with Crippen LogP contribution in [-0.4, -0.2) is 61.3 Å². The van der Waals surface area contributed by atoms with Gasteiger partial charge in [-0.1, -0.05) is 13.8 Å². The Kier molecular flexibility index (Phi) is 10.9. The van der Waals surface area contributed by atoms with Gasteiger partial charge in [-0.25, -0.2) is 9.98 Å². The van der Waals surface area contributed by atoms with E-state index in [0.29, 0.717) is 12.5 Å². The molecule has 1 unspecified atom stereocenters. The molecular weight excluding hydrogens is 449 g/mol. The highest BCUT2D eigenvalue weighted by Crippen LogP contribution is 2.12. The van der Waals surface area contributed by atoms with Crippen LogP contribution in [0.25, 0.3) is 0 Å². The lowest BCUT2D eigenvalue weighted by Gasteiger charge is -2.34. The number of aromatic nitrogens is 1. The van der Waals surface area contributed by atoms with E-state index in [4.69, 9.17) is 4.74 Å². The predicted octanol–water partition coefficient (Wildman–Crippen LogP) is 2.48. The molecule has 6 nitrogen and oxygen atoms in total. The Hall–Kier alpha value is -0.450. The fourth-order valence-electron chi connectivity index (χ4n) is 2.76. The molecule has 1 aliphatic heterocycles. The van der Waals surface area contributed by atoms with Gasteiger partial charge in [0.25, 0.3) is 0 Å². The van der Waals surface area contributed by atoms with Gasteiger partial charge in [0.2, 0.25) is 0 Å². The molecule has 0 bridgehead atoms. The molecule has 0 aliphatic carbocycles. The lowest BCUT2D eigenvalue weighted by Crippen LogP contribution is -2.50. The molecule has 1 atom stereocenters. The van der Waals surface area contributed by atoms with E-state index >= 15 is 0 Å². The highest BCUT2D eigenvalue weighted by molar-refractivity contribution is 14.0. The topological polar surface area (TPSA) is 61.8 Å². The number of aryl methyl sites for hydroxylation is 1. The molecule has 0 aromatic carbocycles. The molecule has 0 saturated carbocycles. The van der Waals surface area contributed by atoms with Crippen molar-refractivity contribution in [2.45, 2.75) is 40.3 Å². The highest BCUT2D eigenvalue weighted by atomic mass is 127. The smallest absolute Gasteiger partial charge is 0.191 e. The van der Waals surface area contributed by atoms with Gasteiger partial charge in [-0.3, -0.25) is 4.90 Å². The second-order valence-electron chi connectivity index (χ2n) is 6.59. The van der Waals surface area contributed by atoms with Gasteiger partial charge in [0.15, 0.2) is 5.96 Å². The Labute approximate surface area is 172 Å². The minimum Gasteiger partial charge on any atom is -0.374 e. The largest absolute Gasteiger partial charge is 0.374 e. The number of aliphatic imine (C=N–C) groups is 1. The van der Waals surface area contributed by atoms with Gasteiger partial charge in [-0.15, -0.1) is 35.3 Å². The average molecular weight is 481 g/mol. The Bertz CT molecular complexity index is 523. The van der Waals surface area contributed by atoms with Crippen LogP contribution in [0.2, 0.25) is 0 Å². The zero-order valence-corrected chi connectivity index (χ0v) is 18.9. The molecule has 1 fully saturated rings. The van der Waals surface area contributed by atoms with E-state index in [0.717, 1.165) is 50.3 Å². The summed E-state index contributed by atoms with van der Waals surface area (Å²) in [5.74, 6) is 1.52. The minimum atomic E-state index is 0. The third kappa shape index (κ3) is 8.65. The SMILES string of the molecule is CCNC(=NCc1ncc(C)s1)NCC1CN(CC(C)C)CCO1.I. The van der Waals surface area contributed by atoms with E-state index in [1.807, 2.05) is 6.20 Å². The summed E-state index contributed by atoms with van der Waals surface area (Å²) in [5, 5.41) is 7.74. The lowest BCUT2D eigenvalue weighted by atomic mass is 10.2. The van der Waals surface area contributed by atoms with Gasteiger partial charge >= 0.3 is 0 Å². The first-order chi connectivity index (χ1) is 11.6. The zero-order valence-electron chi connectivity index (χ0n) is 15.7. The maximum atomic E-state index is 5.89. The van der Waals surface area contributed by atoms with E-state index in [9.17, 15) is 0 Å². The zero-order chi connectivity index (χ0) is 17.4. The second kappa shape index (κ2) is 12.0. The van der Waals surface area contributed by atoms with Crippen molar-refractivity contribution in [1.29, 1.82) is 0 Å². The summed E-state index contributed by atoms with van der Waals surface area (Å²) in [6.45, 7) is 14.9. The summed E-state index contributed by atoms with van der Waals surface area (Å²) < 4.78 is 5.89. The van der Waals surface area contributed by atoms with E-state index in [1.54, 1.807) is 11.3 Å². The van der Waals surface area contributed by atoms with Crippen molar-refractivity contribution in [3.05, 3.63) is 16.1 Å². The van der Waals surface area contributed by atoms with Crippen molar-refractivity contribution in [2.24, 2.45) is 10.9 Å². The first kappa shape index (κ1) is 22.6. The number of morpholine rings is 1. The predicted molar refractivity (Wildman–Crippen MR) is 116 cm³/mol. The molecule has 0 amide bonds. The van der Waals surface area contributed by atoms with Crippen molar-refractivity contribution in [3.63, 3.8) is 0 Å². The van der Waals surface area contributed by atoms with Crippen LogP contribution in [0.3, 0.4) is 0 Å². The normalized spacial score (nSPS) is 18.9. The van der Waals surface area contributed by atoms with Crippen LogP contribution in [0.1, 0.15) is 30.7 Å². The van der Waals surface area contributed by atoms with E-state index < -0.39 is 0 Å². The summed E-state index contributed by atoms with van der Waals surface area (Å²) in [7, 11) is 0. The van der Waals surface area contributed by atoms with Crippen molar-refractivity contribution in [2.75, 3.05) is 39.3 Å². The number of hydrogen-bond acceptors (Lipinski definition) is 5. The third-order valence-corrected chi connectivity index (χ3v) is 4.63. The number of hydrogen-bond donors (Lipinski definition) is 2. The number of ether oxygens (including phenoxy) is 1. The fraction of sp³-hybridized carbons (Fsp3) is 0.765. The first-order valence-corrected chi connectivity index (χ1v) is 9.66. The number of nitrogens with one attached hydrogen (secondary N) is 2. The summed E-state index contributed by atoms with van der Waals surface area (Å²) in [6, 6.07) is 0. The Balaban J connectivity index is 0.00000312. The monoisotopic (exact) mass is 481 g/mol. The first-order valence-electron chi connectivity index (χ1n) is 8.84. The standard InChI is InChI=1S/C17H31N5OS.HI/c1-5-18-17(21-10-16-19-8-14(4)24-16)20-9-15-12-22(6-7-23-15)11-13(2)3;/h8,13,15H,5-7,9-12H2,1-4H3,(H2,18,20,21);1H. The maximum Gasteiger partial charge on any atom is 0.191 e. The molecule has 2 heterocycles. The van der Waals surface area contributed by atoms with E-state index in [-0.39, 0.29) is 30.1 Å². The molecule has 1 aromatic heterocycles. The number of guanidine groups is 1. The van der Waals surface area contributed by atoms with Gasteiger partial charge in [-0.2, -0.15) is 0 Å². The van der Waals surface area contributed by atoms with Gasteiger partial charge < -0.3 is 15.4 Å². The summed E-state index contributed by atoms with van der Waals surface area (Å²) >= 11 is 1.69. The van der Waals surface area contributed by atoms with Gasteiger partial charge in [0.1, 0.15) is 5.01 Å². The van der Waals surface area contributed by atoms with Gasteiger partial charge in [-0.05, 0) is 19.8 Å². The highest BCUT2D eigenvalue weighted by Gasteiger charge is 2.21. The molecule has 144 valence electrons. The molecule has 8 heteroatoms. The molecule has 0 spiro atoms. The minimum absolute atomic E-state index is 0. The van der Waals surface area contributed by atoms with Crippen LogP contribution in [0.4, 0.5) is 0 Å². The van der Waals surface area contributed by atoms with Crippen LogP contribution in [0, 0.1) is 12.8 Å². The molecule has 0 radical (unpaired) electrons.